The van der Waals surface area contributed by atoms with Crippen LogP contribution in [-0.4, -0.2) is 19.3 Å². The van der Waals surface area contributed by atoms with Gasteiger partial charge in [-0.05, 0) is 61.2 Å². The van der Waals surface area contributed by atoms with Gasteiger partial charge in [0, 0.05) is 0 Å². The molecule has 0 fully saturated rings. The van der Waals surface area contributed by atoms with Crippen molar-refractivity contribution in [3.63, 3.8) is 0 Å². The van der Waals surface area contributed by atoms with E-state index in [2.05, 4.69) is 99.0 Å². The minimum Gasteiger partial charge on any atom is -0.302 e. The van der Waals surface area contributed by atoms with E-state index in [0.717, 1.165) is 25.9 Å². The fraction of sp³-hybridized carbons (Fsp3) is 0.520. The van der Waals surface area contributed by atoms with Crippen molar-refractivity contribution in [3.8, 4) is 0 Å². The Kier molecular flexibility index (Phi) is 9.03. The zero-order chi connectivity index (χ0) is 19.5. The average Bonchev–Trinajstić information content (AvgIpc) is 2.70. The number of benzene rings is 2. The van der Waals surface area contributed by atoms with Crippen LogP contribution in [0.4, 0.5) is 0 Å². The van der Waals surface area contributed by atoms with Crippen molar-refractivity contribution < 1.29 is 0 Å². The first kappa shape index (κ1) is 21.7. The maximum atomic E-state index is 3.74. The van der Waals surface area contributed by atoms with Crippen molar-refractivity contribution in [1.82, 2.24) is 10.6 Å². The molecule has 2 aromatic carbocycles. The van der Waals surface area contributed by atoms with Gasteiger partial charge in [-0.3, -0.25) is 0 Å². The van der Waals surface area contributed by atoms with Gasteiger partial charge in [0.1, 0.15) is 0 Å². The summed E-state index contributed by atoms with van der Waals surface area (Å²) in [6.45, 7) is 11.4. The predicted octanol–water partition coefficient (Wildman–Crippen LogP) is 5.54. The second kappa shape index (κ2) is 11.3. The molecule has 0 aliphatic heterocycles. The van der Waals surface area contributed by atoms with Gasteiger partial charge in [0.05, 0.1) is 6.17 Å². The molecule has 0 aromatic heterocycles. The van der Waals surface area contributed by atoms with Crippen LogP contribution in [0.1, 0.15) is 58.1 Å². The third-order valence-electron chi connectivity index (χ3n) is 5.99. The normalized spacial score (nSPS) is 14.9. The van der Waals surface area contributed by atoms with Crippen molar-refractivity contribution in [3.05, 3.63) is 71.8 Å². The van der Waals surface area contributed by atoms with Gasteiger partial charge in [-0.1, -0.05) is 88.4 Å². The molecule has 0 saturated carbocycles. The van der Waals surface area contributed by atoms with Crippen LogP contribution < -0.4 is 10.6 Å². The summed E-state index contributed by atoms with van der Waals surface area (Å²) in [7, 11) is 0. The van der Waals surface area contributed by atoms with Gasteiger partial charge in [0.15, 0.2) is 0 Å². The fourth-order valence-electron chi connectivity index (χ4n) is 3.77. The molecule has 2 rings (SSSR count). The number of hydrogen-bond acceptors (Lipinski definition) is 2. The van der Waals surface area contributed by atoms with Crippen molar-refractivity contribution in [2.75, 3.05) is 13.1 Å². The molecule has 0 spiro atoms. The second-order valence-electron chi connectivity index (χ2n) is 8.13. The molecular formula is C25H38N2. The van der Waals surface area contributed by atoms with E-state index in [4.69, 9.17) is 0 Å². The first-order chi connectivity index (χ1) is 13.1. The van der Waals surface area contributed by atoms with Gasteiger partial charge in [-0.15, -0.1) is 0 Å². The molecule has 0 amide bonds. The van der Waals surface area contributed by atoms with Gasteiger partial charge in [0.2, 0.25) is 0 Å². The molecule has 2 atom stereocenters. The third-order valence-corrected chi connectivity index (χ3v) is 5.99. The molecule has 0 radical (unpaired) electrons. The Bertz CT molecular complexity index is 623. The Labute approximate surface area is 166 Å². The summed E-state index contributed by atoms with van der Waals surface area (Å²) in [5.41, 5.74) is 3.09. The highest BCUT2D eigenvalue weighted by Crippen LogP contribution is 2.36. The average molecular weight is 367 g/mol. The monoisotopic (exact) mass is 366 g/mol. The Morgan fingerprint density at radius 3 is 2.11 bits per heavy atom. The first-order valence-electron chi connectivity index (χ1n) is 10.6. The van der Waals surface area contributed by atoms with Crippen molar-refractivity contribution in [1.29, 1.82) is 0 Å². The van der Waals surface area contributed by atoms with Crippen LogP contribution in [0, 0.1) is 5.92 Å². The third kappa shape index (κ3) is 6.79. The molecule has 0 bridgehead atoms. The molecule has 2 nitrogen and oxygen atoms in total. The summed E-state index contributed by atoms with van der Waals surface area (Å²) < 4.78 is 0. The number of hydrogen-bond donors (Lipinski definition) is 2. The Morgan fingerprint density at radius 1 is 0.889 bits per heavy atom. The van der Waals surface area contributed by atoms with Gasteiger partial charge in [-0.2, -0.15) is 0 Å². The summed E-state index contributed by atoms with van der Waals surface area (Å²) in [6.07, 6.45) is 5.01. The van der Waals surface area contributed by atoms with E-state index in [1.165, 1.54) is 24.0 Å². The van der Waals surface area contributed by atoms with Crippen LogP contribution in [0.25, 0.3) is 0 Å². The molecule has 2 N–H and O–H groups in total. The van der Waals surface area contributed by atoms with E-state index in [1.54, 1.807) is 0 Å². The zero-order valence-electron chi connectivity index (χ0n) is 17.7. The minimum absolute atomic E-state index is 0.209. The van der Waals surface area contributed by atoms with E-state index in [0.29, 0.717) is 12.1 Å². The molecule has 0 heterocycles. The second-order valence-corrected chi connectivity index (χ2v) is 8.13. The summed E-state index contributed by atoms with van der Waals surface area (Å²) >= 11 is 0. The smallest absolute Gasteiger partial charge is 0.0571 e. The van der Waals surface area contributed by atoms with Crippen LogP contribution in [0.5, 0.6) is 0 Å². The number of rotatable bonds is 12. The van der Waals surface area contributed by atoms with Gasteiger partial charge >= 0.3 is 0 Å². The van der Waals surface area contributed by atoms with Crippen molar-refractivity contribution in [2.45, 2.75) is 65.0 Å². The largest absolute Gasteiger partial charge is 0.302 e. The lowest BCUT2D eigenvalue weighted by molar-refractivity contribution is 0.275. The SMILES string of the molecule is CCNC(CCC(C)(c1ccccc1)C(C)C)NCCCc1ccccc1. The first-order valence-corrected chi connectivity index (χ1v) is 10.6. The number of nitrogens with one attached hydrogen (secondary N) is 2. The Hall–Kier alpha value is -1.64. The molecule has 0 saturated heterocycles. The summed E-state index contributed by atoms with van der Waals surface area (Å²) in [4.78, 5) is 0. The van der Waals surface area contributed by atoms with Gasteiger partial charge in [0.25, 0.3) is 0 Å². The molecule has 2 aromatic rings. The summed E-state index contributed by atoms with van der Waals surface area (Å²) in [5.74, 6) is 0.611. The van der Waals surface area contributed by atoms with E-state index in [1.807, 2.05) is 0 Å². The molecule has 27 heavy (non-hydrogen) atoms. The molecular weight excluding hydrogens is 328 g/mol. The molecule has 0 aliphatic carbocycles. The van der Waals surface area contributed by atoms with E-state index in [-0.39, 0.29) is 5.41 Å². The standard InChI is InChI=1S/C25H38N2/c1-5-26-24(27-20-12-15-22-13-8-6-9-14-22)18-19-25(4,21(2)3)23-16-10-7-11-17-23/h6-11,13-14,16-17,21,24,26-27H,5,12,15,18-20H2,1-4H3. The maximum absolute atomic E-state index is 3.74. The van der Waals surface area contributed by atoms with Gasteiger partial charge < -0.3 is 10.6 Å². The number of aryl methyl sites for hydroxylation is 1. The molecule has 148 valence electrons. The minimum atomic E-state index is 0.209. The quantitative estimate of drug-likeness (QED) is 0.381. The van der Waals surface area contributed by atoms with Gasteiger partial charge in [-0.25, -0.2) is 0 Å². The van der Waals surface area contributed by atoms with Crippen LogP contribution >= 0.6 is 0 Å². The van der Waals surface area contributed by atoms with Crippen LogP contribution in [0.15, 0.2) is 60.7 Å². The van der Waals surface area contributed by atoms with E-state index in [9.17, 15) is 0 Å². The Balaban J connectivity index is 1.86. The van der Waals surface area contributed by atoms with Crippen LogP contribution in [0.2, 0.25) is 0 Å². The molecule has 2 heteroatoms. The summed E-state index contributed by atoms with van der Waals surface area (Å²) in [6, 6.07) is 21.8. The van der Waals surface area contributed by atoms with Crippen molar-refractivity contribution >= 4 is 0 Å². The lowest BCUT2D eigenvalue weighted by Crippen LogP contribution is -2.44. The topological polar surface area (TPSA) is 24.1 Å². The molecule has 2 unspecified atom stereocenters. The predicted molar refractivity (Wildman–Crippen MR) is 118 cm³/mol. The lowest BCUT2D eigenvalue weighted by atomic mass is 9.70. The van der Waals surface area contributed by atoms with E-state index < -0.39 is 0 Å². The highest BCUT2D eigenvalue weighted by molar-refractivity contribution is 5.25. The zero-order valence-corrected chi connectivity index (χ0v) is 17.7. The maximum Gasteiger partial charge on any atom is 0.0571 e. The highest BCUT2D eigenvalue weighted by atomic mass is 15.1. The van der Waals surface area contributed by atoms with E-state index >= 15 is 0 Å². The molecule has 0 aliphatic rings. The Morgan fingerprint density at radius 2 is 1.52 bits per heavy atom. The van der Waals surface area contributed by atoms with Crippen LogP contribution in [-0.2, 0) is 11.8 Å². The fourth-order valence-corrected chi connectivity index (χ4v) is 3.77. The highest BCUT2D eigenvalue weighted by Gasteiger charge is 2.30. The summed E-state index contributed by atoms with van der Waals surface area (Å²) in [5, 5.41) is 7.38. The lowest BCUT2D eigenvalue weighted by Gasteiger charge is -2.36. The van der Waals surface area contributed by atoms with Crippen molar-refractivity contribution in [2.24, 2.45) is 5.92 Å². The van der Waals surface area contributed by atoms with Crippen LogP contribution in [0.3, 0.4) is 0 Å².